The van der Waals surface area contributed by atoms with E-state index in [1.165, 1.54) is 5.39 Å². The first-order chi connectivity index (χ1) is 9.72. The Balaban J connectivity index is 1.88. The first-order valence-electron chi connectivity index (χ1n) is 6.95. The van der Waals surface area contributed by atoms with Gasteiger partial charge < -0.3 is 15.2 Å². The van der Waals surface area contributed by atoms with Gasteiger partial charge >= 0.3 is 0 Å². The molecule has 0 saturated carbocycles. The zero-order chi connectivity index (χ0) is 14.4. The van der Waals surface area contributed by atoms with Crippen LogP contribution < -0.4 is 5.73 Å². The van der Waals surface area contributed by atoms with E-state index in [0.29, 0.717) is 19.8 Å². The summed E-state index contributed by atoms with van der Waals surface area (Å²) in [5, 5.41) is 5.75. The molecule has 0 aliphatic heterocycles. The van der Waals surface area contributed by atoms with Gasteiger partial charge in [-0.05, 0) is 12.5 Å². The molecule has 1 atom stereocenters. The SMILES string of the molecule is COCCOCCC(N)Cc1nn(C)c2ccccc12. The van der Waals surface area contributed by atoms with E-state index in [2.05, 4.69) is 17.2 Å². The van der Waals surface area contributed by atoms with Gasteiger partial charge in [-0.2, -0.15) is 5.10 Å². The number of nitrogens with two attached hydrogens (primary N) is 1. The van der Waals surface area contributed by atoms with E-state index >= 15 is 0 Å². The second-order valence-electron chi connectivity index (χ2n) is 4.95. The number of aryl methyl sites for hydroxylation is 1. The molecule has 2 N–H and O–H groups in total. The maximum absolute atomic E-state index is 6.16. The van der Waals surface area contributed by atoms with E-state index in [0.717, 1.165) is 24.1 Å². The molecule has 5 nitrogen and oxygen atoms in total. The fourth-order valence-electron chi connectivity index (χ4n) is 2.27. The van der Waals surface area contributed by atoms with Gasteiger partial charge in [-0.25, -0.2) is 0 Å². The summed E-state index contributed by atoms with van der Waals surface area (Å²) in [5.41, 5.74) is 8.37. The van der Waals surface area contributed by atoms with Crippen LogP contribution in [0.4, 0.5) is 0 Å². The Hall–Kier alpha value is -1.43. The number of methoxy groups -OCH3 is 1. The fraction of sp³-hybridized carbons (Fsp3) is 0.533. The van der Waals surface area contributed by atoms with Crippen molar-refractivity contribution in [2.75, 3.05) is 26.9 Å². The highest BCUT2D eigenvalue weighted by Crippen LogP contribution is 2.18. The zero-order valence-electron chi connectivity index (χ0n) is 12.2. The Morgan fingerprint density at radius 3 is 2.85 bits per heavy atom. The maximum atomic E-state index is 6.16. The number of aromatic nitrogens is 2. The summed E-state index contributed by atoms with van der Waals surface area (Å²) >= 11 is 0. The highest BCUT2D eigenvalue weighted by atomic mass is 16.5. The molecule has 0 amide bonds. The molecule has 1 aromatic heterocycles. The number of hydrogen-bond acceptors (Lipinski definition) is 4. The van der Waals surface area contributed by atoms with Crippen molar-refractivity contribution in [3.05, 3.63) is 30.0 Å². The second-order valence-corrected chi connectivity index (χ2v) is 4.95. The average Bonchev–Trinajstić information content (AvgIpc) is 2.76. The number of fused-ring (bicyclic) bond motifs is 1. The molecule has 0 saturated heterocycles. The molecule has 2 rings (SSSR count). The van der Waals surface area contributed by atoms with Crippen molar-refractivity contribution in [2.24, 2.45) is 12.8 Å². The lowest BCUT2D eigenvalue weighted by Gasteiger charge is -2.10. The Labute approximate surface area is 119 Å². The van der Waals surface area contributed by atoms with Crippen LogP contribution in [0, 0.1) is 0 Å². The Morgan fingerprint density at radius 1 is 1.25 bits per heavy atom. The average molecular weight is 277 g/mol. The van der Waals surface area contributed by atoms with Crippen LogP contribution in [-0.4, -0.2) is 42.8 Å². The number of hydrogen-bond donors (Lipinski definition) is 1. The van der Waals surface area contributed by atoms with E-state index in [9.17, 15) is 0 Å². The summed E-state index contributed by atoms with van der Waals surface area (Å²) in [4.78, 5) is 0. The fourth-order valence-corrected chi connectivity index (χ4v) is 2.27. The number of nitrogens with zero attached hydrogens (tertiary/aromatic N) is 2. The van der Waals surface area contributed by atoms with Crippen molar-refractivity contribution in [2.45, 2.75) is 18.9 Å². The molecule has 0 radical (unpaired) electrons. The van der Waals surface area contributed by atoms with E-state index in [1.807, 2.05) is 23.9 Å². The third-order valence-electron chi connectivity index (χ3n) is 3.35. The van der Waals surface area contributed by atoms with Gasteiger partial charge in [0.05, 0.1) is 24.4 Å². The summed E-state index contributed by atoms with van der Waals surface area (Å²) < 4.78 is 12.3. The molecule has 1 unspecified atom stereocenters. The van der Waals surface area contributed by atoms with Crippen LogP contribution in [0.15, 0.2) is 24.3 Å². The van der Waals surface area contributed by atoms with Gasteiger partial charge in [0.25, 0.3) is 0 Å². The van der Waals surface area contributed by atoms with Gasteiger partial charge in [-0.15, -0.1) is 0 Å². The van der Waals surface area contributed by atoms with Crippen LogP contribution in [0.2, 0.25) is 0 Å². The van der Waals surface area contributed by atoms with Crippen LogP contribution in [0.1, 0.15) is 12.1 Å². The van der Waals surface area contributed by atoms with Gasteiger partial charge in [0.2, 0.25) is 0 Å². The normalized spacial score (nSPS) is 12.9. The van der Waals surface area contributed by atoms with E-state index in [-0.39, 0.29) is 6.04 Å². The lowest BCUT2D eigenvalue weighted by molar-refractivity contribution is 0.0672. The minimum atomic E-state index is 0.0656. The number of benzene rings is 1. The summed E-state index contributed by atoms with van der Waals surface area (Å²) in [6, 6.07) is 8.30. The molecule has 0 fully saturated rings. The van der Waals surface area contributed by atoms with Crippen molar-refractivity contribution >= 4 is 10.9 Å². The Bertz CT molecular complexity index is 539. The van der Waals surface area contributed by atoms with Crippen molar-refractivity contribution in [3.8, 4) is 0 Å². The third kappa shape index (κ3) is 3.79. The van der Waals surface area contributed by atoms with Crippen molar-refractivity contribution in [1.29, 1.82) is 0 Å². The first kappa shape index (κ1) is 15.0. The van der Waals surface area contributed by atoms with E-state index < -0.39 is 0 Å². The molecule has 0 aliphatic carbocycles. The van der Waals surface area contributed by atoms with Crippen LogP contribution in [0.25, 0.3) is 10.9 Å². The smallest absolute Gasteiger partial charge is 0.0718 e. The summed E-state index contributed by atoms with van der Waals surface area (Å²) in [5.74, 6) is 0. The Kier molecular flexibility index (Phi) is 5.52. The highest BCUT2D eigenvalue weighted by Gasteiger charge is 2.11. The topological polar surface area (TPSA) is 62.3 Å². The van der Waals surface area contributed by atoms with E-state index in [4.69, 9.17) is 15.2 Å². The standard InChI is InChI=1S/C15H23N3O2/c1-18-15-6-4-3-5-13(15)14(17-18)11-12(16)7-8-20-10-9-19-2/h3-6,12H,7-11,16H2,1-2H3. The summed E-state index contributed by atoms with van der Waals surface area (Å²) in [6.07, 6.45) is 1.60. The molecule has 110 valence electrons. The van der Waals surface area contributed by atoms with Gasteiger partial charge in [0.15, 0.2) is 0 Å². The lowest BCUT2D eigenvalue weighted by atomic mass is 10.1. The van der Waals surface area contributed by atoms with Crippen molar-refractivity contribution in [1.82, 2.24) is 9.78 Å². The maximum Gasteiger partial charge on any atom is 0.0718 e. The predicted molar refractivity (Wildman–Crippen MR) is 79.7 cm³/mol. The lowest BCUT2D eigenvalue weighted by Crippen LogP contribution is -2.25. The van der Waals surface area contributed by atoms with Crippen LogP contribution in [0.5, 0.6) is 0 Å². The van der Waals surface area contributed by atoms with Gasteiger partial charge in [-0.3, -0.25) is 4.68 Å². The first-order valence-corrected chi connectivity index (χ1v) is 6.95. The predicted octanol–water partition coefficient (Wildman–Crippen LogP) is 1.50. The second kappa shape index (κ2) is 7.38. The molecule has 20 heavy (non-hydrogen) atoms. The minimum Gasteiger partial charge on any atom is -0.382 e. The molecule has 2 aromatic rings. The number of ether oxygens (including phenoxy) is 2. The molecule has 0 bridgehead atoms. The third-order valence-corrected chi connectivity index (χ3v) is 3.35. The molecule has 5 heteroatoms. The summed E-state index contributed by atoms with van der Waals surface area (Å²) in [7, 11) is 3.63. The number of para-hydroxylation sites is 1. The Morgan fingerprint density at radius 2 is 2.05 bits per heavy atom. The largest absolute Gasteiger partial charge is 0.382 e. The monoisotopic (exact) mass is 277 g/mol. The van der Waals surface area contributed by atoms with E-state index in [1.54, 1.807) is 7.11 Å². The number of rotatable bonds is 8. The van der Waals surface area contributed by atoms with Crippen molar-refractivity contribution < 1.29 is 9.47 Å². The van der Waals surface area contributed by atoms with Crippen LogP contribution >= 0.6 is 0 Å². The molecular weight excluding hydrogens is 254 g/mol. The van der Waals surface area contributed by atoms with Crippen molar-refractivity contribution in [3.63, 3.8) is 0 Å². The van der Waals surface area contributed by atoms with Gasteiger partial charge in [0.1, 0.15) is 0 Å². The van der Waals surface area contributed by atoms with Gasteiger partial charge in [0, 0.05) is 38.6 Å². The molecule has 1 aromatic carbocycles. The van der Waals surface area contributed by atoms with Crippen LogP contribution in [-0.2, 0) is 22.9 Å². The highest BCUT2D eigenvalue weighted by molar-refractivity contribution is 5.81. The molecule has 1 heterocycles. The quantitative estimate of drug-likeness (QED) is 0.743. The summed E-state index contributed by atoms with van der Waals surface area (Å²) in [6.45, 7) is 1.91. The molecular formula is C15H23N3O2. The van der Waals surface area contributed by atoms with Crippen LogP contribution in [0.3, 0.4) is 0 Å². The molecule has 0 aliphatic rings. The minimum absolute atomic E-state index is 0.0656. The zero-order valence-corrected chi connectivity index (χ0v) is 12.2. The van der Waals surface area contributed by atoms with Gasteiger partial charge in [-0.1, -0.05) is 18.2 Å². The molecule has 0 spiro atoms.